The zero-order chi connectivity index (χ0) is 18.4. The number of nitrogens with one attached hydrogen (secondary N) is 1. The number of pyridine rings is 1. The molecule has 2 fully saturated rings. The fraction of sp³-hybridized carbons (Fsp3) is 0.429. The van der Waals surface area contributed by atoms with E-state index in [0.29, 0.717) is 43.8 Å². The highest BCUT2D eigenvalue weighted by atomic mass is 19.1. The monoisotopic (exact) mass is 367 g/mol. The van der Waals surface area contributed by atoms with E-state index < -0.39 is 0 Å². The smallest absolute Gasteiger partial charge is 0.255 e. The number of amides is 1. The van der Waals surface area contributed by atoms with Gasteiger partial charge in [-0.1, -0.05) is 6.07 Å². The number of nitrogens with zero attached hydrogens (tertiary/aromatic N) is 2. The Labute approximate surface area is 157 Å². The van der Waals surface area contributed by atoms with Crippen LogP contribution in [0.4, 0.5) is 15.9 Å². The molecule has 1 saturated carbocycles. The number of hydrogen-bond acceptors (Lipinski definition) is 4. The van der Waals surface area contributed by atoms with Crippen LogP contribution in [0.25, 0.3) is 0 Å². The summed E-state index contributed by atoms with van der Waals surface area (Å²) in [5, 5.41) is 3.28. The highest BCUT2D eigenvalue weighted by Gasteiger charge is 2.42. The highest BCUT2D eigenvalue weighted by molar-refractivity contribution is 5.97. The van der Waals surface area contributed by atoms with E-state index in [-0.39, 0.29) is 11.7 Å². The number of anilines is 2. The zero-order valence-electron chi connectivity index (χ0n) is 15.1. The number of carbonyl (C=O) groups excluding carboxylic acids is 1. The van der Waals surface area contributed by atoms with Gasteiger partial charge >= 0.3 is 0 Å². The van der Waals surface area contributed by atoms with E-state index in [1.54, 1.807) is 12.3 Å². The average molecular weight is 367 g/mol. The molecule has 1 aromatic carbocycles. The Morgan fingerprint density at radius 2 is 1.96 bits per heavy atom. The first-order chi connectivity index (χ1) is 13.2. The van der Waals surface area contributed by atoms with Crippen molar-refractivity contribution < 1.29 is 13.9 Å². The Hall–Kier alpha value is -2.47. The molecule has 0 spiro atoms. The molecule has 2 atom stereocenters. The number of benzene rings is 1. The first-order valence-corrected chi connectivity index (χ1v) is 9.63. The minimum atomic E-state index is -0.280. The molecule has 2 aliphatic carbocycles. The highest BCUT2D eigenvalue weighted by Crippen LogP contribution is 2.56. The van der Waals surface area contributed by atoms with Crippen LogP contribution < -0.4 is 5.32 Å². The summed E-state index contributed by atoms with van der Waals surface area (Å²) >= 11 is 0. The molecule has 5 rings (SSSR count). The summed E-state index contributed by atoms with van der Waals surface area (Å²) in [6, 6.07) is 6.40. The molecule has 140 valence electrons. The van der Waals surface area contributed by atoms with E-state index in [1.807, 2.05) is 11.0 Å². The van der Waals surface area contributed by atoms with Gasteiger partial charge in [0.05, 0.1) is 18.8 Å². The van der Waals surface area contributed by atoms with Crippen LogP contribution in [-0.4, -0.2) is 42.1 Å². The van der Waals surface area contributed by atoms with Crippen LogP contribution in [0.5, 0.6) is 0 Å². The lowest BCUT2D eigenvalue weighted by molar-refractivity contribution is 0.0301. The summed E-state index contributed by atoms with van der Waals surface area (Å²) in [7, 11) is 0. The summed E-state index contributed by atoms with van der Waals surface area (Å²) in [4.78, 5) is 19.6. The minimum Gasteiger partial charge on any atom is -0.378 e. The molecule has 2 unspecified atom stereocenters. The third-order valence-electron chi connectivity index (χ3n) is 6.02. The second-order valence-corrected chi connectivity index (χ2v) is 7.59. The Morgan fingerprint density at radius 1 is 1.19 bits per heavy atom. The third-order valence-corrected chi connectivity index (χ3v) is 6.02. The van der Waals surface area contributed by atoms with Gasteiger partial charge in [0.25, 0.3) is 5.91 Å². The van der Waals surface area contributed by atoms with Gasteiger partial charge in [-0.15, -0.1) is 0 Å². The van der Waals surface area contributed by atoms with Crippen molar-refractivity contribution in [2.24, 2.45) is 0 Å². The first-order valence-electron chi connectivity index (χ1n) is 9.63. The van der Waals surface area contributed by atoms with Gasteiger partial charge in [-0.3, -0.25) is 4.79 Å². The van der Waals surface area contributed by atoms with Crippen molar-refractivity contribution in [3.05, 3.63) is 53.0 Å². The van der Waals surface area contributed by atoms with Crippen molar-refractivity contribution in [1.82, 2.24) is 9.88 Å². The molecule has 1 aromatic heterocycles. The maximum Gasteiger partial charge on any atom is 0.255 e. The quantitative estimate of drug-likeness (QED) is 0.897. The van der Waals surface area contributed by atoms with Crippen molar-refractivity contribution in [3.8, 4) is 0 Å². The van der Waals surface area contributed by atoms with Crippen LogP contribution >= 0.6 is 0 Å². The van der Waals surface area contributed by atoms with Crippen molar-refractivity contribution in [2.45, 2.75) is 31.1 Å². The molecule has 6 heteroatoms. The zero-order valence-corrected chi connectivity index (χ0v) is 15.1. The van der Waals surface area contributed by atoms with Gasteiger partial charge in [0.2, 0.25) is 0 Å². The Balaban J connectivity index is 1.53. The lowest BCUT2D eigenvalue weighted by Gasteiger charge is -2.29. The fourth-order valence-electron chi connectivity index (χ4n) is 4.81. The van der Waals surface area contributed by atoms with Crippen LogP contribution in [0.2, 0.25) is 0 Å². The topological polar surface area (TPSA) is 54.5 Å². The maximum atomic E-state index is 13.5. The average Bonchev–Trinajstić information content (AvgIpc) is 3.31. The number of hydrogen-bond donors (Lipinski definition) is 1. The number of halogens is 1. The first kappa shape index (κ1) is 16.7. The summed E-state index contributed by atoms with van der Waals surface area (Å²) in [6.45, 7) is 2.44. The van der Waals surface area contributed by atoms with Gasteiger partial charge in [0.15, 0.2) is 0 Å². The Morgan fingerprint density at radius 3 is 2.74 bits per heavy atom. The predicted octanol–water partition coefficient (Wildman–Crippen LogP) is 3.80. The van der Waals surface area contributed by atoms with Gasteiger partial charge < -0.3 is 15.0 Å². The van der Waals surface area contributed by atoms with E-state index in [2.05, 4.69) is 10.3 Å². The molecule has 5 nitrogen and oxygen atoms in total. The minimum absolute atomic E-state index is 0.0619. The molecular weight excluding hydrogens is 345 g/mol. The number of rotatable bonds is 3. The lowest BCUT2D eigenvalue weighted by Crippen LogP contribution is -2.41. The van der Waals surface area contributed by atoms with E-state index in [9.17, 15) is 9.18 Å². The van der Waals surface area contributed by atoms with Crippen molar-refractivity contribution in [1.29, 1.82) is 0 Å². The Kier molecular flexibility index (Phi) is 4.08. The van der Waals surface area contributed by atoms with Crippen LogP contribution in [-0.2, 0) is 4.74 Å². The van der Waals surface area contributed by atoms with E-state index in [1.165, 1.54) is 12.1 Å². The molecule has 1 amide bonds. The molecule has 1 saturated heterocycles. The van der Waals surface area contributed by atoms with Crippen molar-refractivity contribution in [2.75, 3.05) is 31.6 Å². The third kappa shape index (κ3) is 2.88. The standard InChI is InChI=1S/C21H22FN3O2/c22-15-2-1-3-16(11-15)24-20-19-14-5-4-13(10-14)18(19)17(12-23-20)21(26)25-6-8-27-9-7-25/h1-3,11-14H,4-10H2,(H,23,24). The number of fused-ring (bicyclic) bond motifs is 5. The lowest BCUT2D eigenvalue weighted by atomic mass is 9.88. The molecule has 2 bridgehead atoms. The second-order valence-electron chi connectivity index (χ2n) is 7.59. The summed E-state index contributed by atoms with van der Waals surface area (Å²) in [5.74, 6) is 1.41. The molecule has 27 heavy (non-hydrogen) atoms. The number of carbonyl (C=O) groups is 1. The van der Waals surface area contributed by atoms with Gasteiger partial charge in [0.1, 0.15) is 11.6 Å². The largest absolute Gasteiger partial charge is 0.378 e. The predicted molar refractivity (Wildman–Crippen MR) is 100.0 cm³/mol. The summed E-state index contributed by atoms with van der Waals surface area (Å²) in [6.07, 6.45) is 5.05. The summed E-state index contributed by atoms with van der Waals surface area (Å²) < 4.78 is 18.9. The summed E-state index contributed by atoms with van der Waals surface area (Å²) in [5.41, 5.74) is 3.75. The van der Waals surface area contributed by atoms with Crippen molar-refractivity contribution >= 4 is 17.4 Å². The SMILES string of the molecule is O=C(c1cnc(Nc2cccc(F)c2)c2c1C1CCC2C1)N1CCOCC1. The molecule has 3 aliphatic rings. The second kappa shape index (κ2) is 6.60. The van der Waals surface area contributed by atoms with Crippen molar-refractivity contribution in [3.63, 3.8) is 0 Å². The number of morpholine rings is 1. The molecule has 2 heterocycles. The van der Waals surface area contributed by atoms with Crippen LogP contribution in [0, 0.1) is 5.82 Å². The molecule has 1 N–H and O–H groups in total. The van der Waals surface area contributed by atoms with E-state index in [4.69, 9.17) is 4.74 Å². The maximum absolute atomic E-state index is 13.5. The van der Waals surface area contributed by atoms with Crippen LogP contribution in [0.3, 0.4) is 0 Å². The normalized spacial score (nSPS) is 23.4. The number of ether oxygens (including phenoxy) is 1. The molecule has 0 radical (unpaired) electrons. The molecule has 2 aromatic rings. The number of aromatic nitrogens is 1. The van der Waals surface area contributed by atoms with Gasteiger partial charge in [-0.25, -0.2) is 9.37 Å². The van der Waals surface area contributed by atoms with Crippen LogP contribution in [0.1, 0.15) is 52.6 Å². The van der Waals surface area contributed by atoms with Gasteiger partial charge in [-0.05, 0) is 54.9 Å². The van der Waals surface area contributed by atoms with Gasteiger partial charge in [-0.2, -0.15) is 0 Å². The van der Waals surface area contributed by atoms with Crippen LogP contribution in [0.15, 0.2) is 30.5 Å². The van der Waals surface area contributed by atoms with Gasteiger partial charge in [0, 0.05) is 30.5 Å². The molecular formula is C21H22FN3O2. The van der Waals surface area contributed by atoms with E-state index in [0.717, 1.165) is 41.8 Å². The van der Waals surface area contributed by atoms with E-state index >= 15 is 0 Å². The molecule has 1 aliphatic heterocycles. The fourth-order valence-corrected chi connectivity index (χ4v) is 4.81. The Bertz CT molecular complexity index is 895.